The minimum atomic E-state index is -3.67. The van der Waals surface area contributed by atoms with E-state index in [0.29, 0.717) is 0 Å². The molecule has 1 aromatic rings. The number of rotatable bonds is 4. The third kappa shape index (κ3) is 2.12. The van der Waals surface area contributed by atoms with Crippen LogP contribution in [0.1, 0.15) is 0 Å². The van der Waals surface area contributed by atoms with E-state index in [1.54, 1.807) is 0 Å². The first-order valence-electron chi connectivity index (χ1n) is 3.75. The van der Waals surface area contributed by atoms with E-state index in [2.05, 4.69) is 4.98 Å². The third-order valence-corrected chi connectivity index (χ3v) is 3.43. The van der Waals surface area contributed by atoms with Gasteiger partial charge in [-0.1, -0.05) is 0 Å². The van der Waals surface area contributed by atoms with E-state index in [-0.39, 0.29) is 4.90 Å². The number of carbonyl (C=O) groups is 1. The van der Waals surface area contributed by atoms with Crippen LogP contribution < -0.4 is 0 Å². The number of hydrogen-bond donors (Lipinski definition) is 2. The molecule has 7 heteroatoms. The highest BCUT2D eigenvalue weighted by Crippen LogP contribution is 2.11. The van der Waals surface area contributed by atoms with Gasteiger partial charge in [0.1, 0.15) is 6.54 Å². The van der Waals surface area contributed by atoms with Gasteiger partial charge in [-0.25, -0.2) is 8.42 Å². The maximum absolute atomic E-state index is 11.6. The van der Waals surface area contributed by atoms with Crippen molar-refractivity contribution in [1.29, 1.82) is 0 Å². The van der Waals surface area contributed by atoms with Crippen LogP contribution in [0.15, 0.2) is 23.4 Å². The largest absolute Gasteiger partial charge is 0.480 e. The highest BCUT2D eigenvalue weighted by molar-refractivity contribution is 7.89. The van der Waals surface area contributed by atoms with Gasteiger partial charge in [0, 0.05) is 19.4 Å². The van der Waals surface area contributed by atoms with Crippen molar-refractivity contribution in [1.82, 2.24) is 9.29 Å². The topological polar surface area (TPSA) is 90.5 Å². The van der Waals surface area contributed by atoms with Gasteiger partial charge in [0.25, 0.3) is 0 Å². The summed E-state index contributed by atoms with van der Waals surface area (Å²) < 4.78 is 23.9. The molecule has 0 radical (unpaired) electrons. The molecule has 0 saturated carbocycles. The predicted octanol–water partition coefficient (Wildman–Crippen LogP) is -0.280. The maximum Gasteiger partial charge on any atom is 0.318 e. The molecule has 0 unspecified atom stereocenters. The molecular weight excluding hydrogens is 208 g/mol. The molecule has 1 heterocycles. The molecule has 0 aromatic carbocycles. The molecule has 0 amide bonds. The Kier molecular flexibility index (Phi) is 2.92. The Labute approximate surface area is 81.2 Å². The van der Waals surface area contributed by atoms with Gasteiger partial charge < -0.3 is 10.1 Å². The van der Waals surface area contributed by atoms with Gasteiger partial charge in [0.05, 0.1) is 4.90 Å². The monoisotopic (exact) mass is 218 g/mol. The highest BCUT2D eigenvalue weighted by Gasteiger charge is 2.22. The SMILES string of the molecule is CN(CC(=O)O)S(=O)(=O)c1cc[nH]c1. The Morgan fingerprint density at radius 3 is 2.71 bits per heavy atom. The van der Waals surface area contributed by atoms with Crippen molar-refractivity contribution in [2.24, 2.45) is 0 Å². The Bertz CT molecular complexity index is 409. The normalized spacial score (nSPS) is 11.9. The molecule has 0 fully saturated rings. The number of carboxylic acid groups (broad SMARTS) is 1. The number of nitrogens with one attached hydrogen (secondary N) is 1. The zero-order valence-corrected chi connectivity index (χ0v) is 8.28. The van der Waals surface area contributed by atoms with E-state index < -0.39 is 22.5 Å². The molecule has 0 atom stereocenters. The highest BCUT2D eigenvalue weighted by atomic mass is 32.2. The van der Waals surface area contributed by atoms with Crippen molar-refractivity contribution in [3.8, 4) is 0 Å². The second kappa shape index (κ2) is 3.81. The molecule has 0 aliphatic heterocycles. The van der Waals surface area contributed by atoms with E-state index in [4.69, 9.17) is 5.11 Å². The van der Waals surface area contributed by atoms with E-state index in [1.807, 2.05) is 0 Å². The number of aromatic amines is 1. The van der Waals surface area contributed by atoms with Crippen LogP contribution in [0.5, 0.6) is 0 Å². The smallest absolute Gasteiger partial charge is 0.318 e. The van der Waals surface area contributed by atoms with Crippen LogP contribution in [0, 0.1) is 0 Å². The van der Waals surface area contributed by atoms with E-state index in [0.717, 1.165) is 4.31 Å². The average Bonchev–Trinajstić information content (AvgIpc) is 2.54. The summed E-state index contributed by atoms with van der Waals surface area (Å²) in [5, 5.41) is 8.43. The Hall–Kier alpha value is -1.34. The Morgan fingerprint density at radius 2 is 2.29 bits per heavy atom. The van der Waals surface area contributed by atoms with Crippen molar-refractivity contribution in [3.63, 3.8) is 0 Å². The number of carboxylic acids is 1. The van der Waals surface area contributed by atoms with Crippen molar-refractivity contribution >= 4 is 16.0 Å². The fourth-order valence-corrected chi connectivity index (χ4v) is 2.02. The lowest BCUT2D eigenvalue weighted by Crippen LogP contribution is -2.31. The molecular formula is C7H10N2O4S. The molecule has 0 saturated heterocycles. The van der Waals surface area contributed by atoms with Crippen molar-refractivity contribution in [2.45, 2.75) is 4.90 Å². The van der Waals surface area contributed by atoms with Gasteiger partial charge in [-0.3, -0.25) is 4.79 Å². The standard InChI is InChI=1S/C7H10N2O4S/c1-9(5-7(10)11)14(12,13)6-2-3-8-4-6/h2-4,8H,5H2,1H3,(H,10,11). The van der Waals surface area contributed by atoms with Gasteiger partial charge in [-0.2, -0.15) is 4.31 Å². The molecule has 0 aliphatic rings. The molecule has 1 aromatic heterocycles. The van der Waals surface area contributed by atoms with Crippen LogP contribution in [-0.2, 0) is 14.8 Å². The summed E-state index contributed by atoms with van der Waals surface area (Å²) in [6.07, 6.45) is 2.76. The van der Waals surface area contributed by atoms with Crippen LogP contribution in [0.3, 0.4) is 0 Å². The number of sulfonamides is 1. The molecule has 1 rings (SSSR count). The lowest BCUT2D eigenvalue weighted by molar-refractivity contribution is -0.137. The lowest BCUT2D eigenvalue weighted by atomic mass is 10.7. The summed E-state index contributed by atoms with van der Waals surface area (Å²) in [6.45, 7) is -0.548. The van der Waals surface area contributed by atoms with Crippen LogP contribution in [0.2, 0.25) is 0 Å². The number of H-pyrrole nitrogens is 1. The van der Waals surface area contributed by atoms with Crippen molar-refractivity contribution in [3.05, 3.63) is 18.5 Å². The number of nitrogens with zero attached hydrogens (tertiary/aromatic N) is 1. The van der Waals surface area contributed by atoms with Gasteiger partial charge in [-0.15, -0.1) is 0 Å². The second-order valence-corrected chi connectivity index (χ2v) is 4.75. The molecule has 0 spiro atoms. The third-order valence-electron chi connectivity index (χ3n) is 1.64. The Morgan fingerprint density at radius 1 is 1.64 bits per heavy atom. The van der Waals surface area contributed by atoms with Gasteiger partial charge in [0.2, 0.25) is 10.0 Å². The van der Waals surface area contributed by atoms with Crippen molar-refractivity contribution in [2.75, 3.05) is 13.6 Å². The molecule has 0 aliphatic carbocycles. The van der Waals surface area contributed by atoms with E-state index in [9.17, 15) is 13.2 Å². The van der Waals surface area contributed by atoms with E-state index >= 15 is 0 Å². The van der Waals surface area contributed by atoms with Gasteiger partial charge in [-0.05, 0) is 6.07 Å². The van der Waals surface area contributed by atoms with Gasteiger partial charge >= 0.3 is 5.97 Å². The summed E-state index contributed by atoms with van der Waals surface area (Å²) in [5.74, 6) is -1.19. The second-order valence-electron chi connectivity index (χ2n) is 2.70. The quantitative estimate of drug-likeness (QED) is 0.727. The number of likely N-dealkylation sites (N-methyl/N-ethyl adjacent to an activating group) is 1. The van der Waals surface area contributed by atoms with Crippen LogP contribution in [0.4, 0.5) is 0 Å². The molecule has 2 N–H and O–H groups in total. The molecule has 0 bridgehead atoms. The first kappa shape index (κ1) is 10.7. The zero-order valence-electron chi connectivity index (χ0n) is 7.47. The van der Waals surface area contributed by atoms with Crippen LogP contribution in [0.25, 0.3) is 0 Å². The maximum atomic E-state index is 11.6. The molecule has 14 heavy (non-hydrogen) atoms. The Balaban J connectivity index is 2.92. The van der Waals surface area contributed by atoms with Crippen LogP contribution in [-0.4, -0.2) is 42.4 Å². The zero-order chi connectivity index (χ0) is 10.8. The number of aliphatic carboxylic acids is 1. The lowest BCUT2D eigenvalue weighted by Gasteiger charge is -2.12. The van der Waals surface area contributed by atoms with Crippen LogP contribution >= 0.6 is 0 Å². The fraction of sp³-hybridized carbons (Fsp3) is 0.286. The van der Waals surface area contributed by atoms with Gasteiger partial charge in [0.15, 0.2) is 0 Å². The summed E-state index contributed by atoms with van der Waals surface area (Å²) >= 11 is 0. The minimum Gasteiger partial charge on any atom is -0.480 e. The number of hydrogen-bond acceptors (Lipinski definition) is 3. The summed E-state index contributed by atoms with van der Waals surface area (Å²) in [5.41, 5.74) is 0. The predicted molar refractivity (Wildman–Crippen MR) is 48.2 cm³/mol. The first-order chi connectivity index (χ1) is 6.44. The summed E-state index contributed by atoms with van der Waals surface area (Å²) in [6, 6.07) is 1.37. The summed E-state index contributed by atoms with van der Waals surface area (Å²) in [7, 11) is -2.45. The number of aromatic nitrogens is 1. The van der Waals surface area contributed by atoms with E-state index in [1.165, 1.54) is 25.5 Å². The average molecular weight is 218 g/mol. The molecule has 6 nitrogen and oxygen atoms in total. The fourth-order valence-electron chi connectivity index (χ4n) is 0.924. The minimum absolute atomic E-state index is 0.0567. The van der Waals surface area contributed by atoms with Crippen molar-refractivity contribution < 1.29 is 18.3 Å². The molecule has 78 valence electrons. The summed E-state index contributed by atoms with van der Waals surface area (Å²) in [4.78, 5) is 13.0. The first-order valence-corrected chi connectivity index (χ1v) is 5.19.